The van der Waals surface area contributed by atoms with Gasteiger partial charge in [-0.15, -0.1) is 0 Å². The van der Waals surface area contributed by atoms with Gasteiger partial charge in [-0.1, -0.05) is 27.2 Å². The SMILES string of the molecule is CCC(C)[C@@H](C)CCNC(=O)OC(C)(C)C. The van der Waals surface area contributed by atoms with Crippen LogP contribution in [0.15, 0.2) is 0 Å². The largest absolute Gasteiger partial charge is 0.444 e. The Balaban J connectivity index is 3.70. The maximum absolute atomic E-state index is 11.3. The van der Waals surface area contributed by atoms with Crippen LogP contribution in [-0.2, 0) is 4.74 Å². The topological polar surface area (TPSA) is 38.3 Å². The summed E-state index contributed by atoms with van der Waals surface area (Å²) in [4.78, 5) is 11.3. The van der Waals surface area contributed by atoms with E-state index >= 15 is 0 Å². The van der Waals surface area contributed by atoms with Crippen LogP contribution < -0.4 is 5.32 Å². The quantitative estimate of drug-likeness (QED) is 0.782. The van der Waals surface area contributed by atoms with Crippen molar-refractivity contribution in [3.8, 4) is 0 Å². The summed E-state index contributed by atoms with van der Waals surface area (Å²) in [6.45, 7) is 13.0. The van der Waals surface area contributed by atoms with Gasteiger partial charge in [-0.3, -0.25) is 0 Å². The normalized spacial score (nSPS) is 15.4. The van der Waals surface area contributed by atoms with Gasteiger partial charge in [0.2, 0.25) is 0 Å². The lowest BCUT2D eigenvalue weighted by atomic mass is 9.91. The van der Waals surface area contributed by atoms with Crippen molar-refractivity contribution in [1.29, 1.82) is 0 Å². The number of rotatable bonds is 5. The lowest BCUT2D eigenvalue weighted by Gasteiger charge is -2.21. The highest BCUT2D eigenvalue weighted by Crippen LogP contribution is 2.17. The van der Waals surface area contributed by atoms with Crippen molar-refractivity contribution in [2.45, 2.75) is 60.0 Å². The van der Waals surface area contributed by atoms with Gasteiger partial charge in [-0.05, 0) is 39.0 Å². The smallest absolute Gasteiger partial charge is 0.407 e. The fraction of sp³-hybridized carbons (Fsp3) is 0.923. The molecule has 0 bridgehead atoms. The molecule has 0 aromatic carbocycles. The molecule has 0 aromatic heterocycles. The van der Waals surface area contributed by atoms with Crippen molar-refractivity contribution < 1.29 is 9.53 Å². The van der Waals surface area contributed by atoms with Crippen LogP contribution in [0.2, 0.25) is 0 Å². The number of nitrogens with one attached hydrogen (secondary N) is 1. The molecule has 3 nitrogen and oxygen atoms in total. The molecule has 0 radical (unpaired) electrons. The van der Waals surface area contributed by atoms with Crippen molar-refractivity contribution >= 4 is 6.09 Å². The second-order valence-electron chi connectivity index (χ2n) is 5.58. The number of ether oxygens (including phenoxy) is 1. The molecule has 2 atom stereocenters. The van der Waals surface area contributed by atoms with Crippen LogP contribution in [0.3, 0.4) is 0 Å². The van der Waals surface area contributed by atoms with Gasteiger partial charge >= 0.3 is 6.09 Å². The van der Waals surface area contributed by atoms with Crippen molar-refractivity contribution in [3.05, 3.63) is 0 Å². The van der Waals surface area contributed by atoms with E-state index in [1.54, 1.807) is 0 Å². The van der Waals surface area contributed by atoms with Gasteiger partial charge < -0.3 is 10.1 Å². The van der Waals surface area contributed by atoms with Crippen LogP contribution >= 0.6 is 0 Å². The standard InChI is InChI=1S/C13H27NO2/c1-7-10(2)11(3)8-9-14-12(15)16-13(4,5)6/h10-11H,7-9H2,1-6H3,(H,14,15)/t10?,11-/m0/s1. The first-order valence-electron chi connectivity index (χ1n) is 6.23. The van der Waals surface area contributed by atoms with Crippen LogP contribution in [0.1, 0.15) is 54.4 Å². The molecule has 0 fully saturated rings. The van der Waals surface area contributed by atoms with E-state index < -0.39 is 5.60 Å². The van der Waals surface area contributed by atoms with E-state index in [1.165, 1.54) is 6.42 Å². The monoisotopic (exact) mass is 229 g/mol. The zero-order valence-corrected chi connectivity index (χ0v) is 11.6. The summed E-state index contributed by atoms with van der Waals surface area (Å²) in [5, 5.41) is 2.79. The fourth-order valence-electron chi connectivity index (χ4n) is 1.40. The molecule has 3 heteroatoms. The summed E-state index contributed by atoms with van der Waals surface area (Å²) in [5.74, 6) is 1.35. The Bertz CT molecular complexity index is 208. The van der Waals surface area contributed by atoms with Crippen molar-refractivity contribution in [2.75, 3.05) is 6.54 Å². The summed E-state index contributed by atoms with van der Waals surface area (Å²) < 4.78 is 5.16. The third kappa shape index (κ3) is 7.55. The molecule has 0 heterocycles. The van der Waals surface area contributed by atoms with Crippen LogP contribution in [0.25, 0.3) is 0 Å². The molecule has 1 N–H and O–H groups in total. The fourth-order valence-corrected chi connectivity index (χ4v) is 1.40. The predicted octanol–water partition coefficient (Wildman–Crippen LogP) is 3.58. The van der Waals surface area contributed by atoms with Gasteiger partial charge in [0.1, 0.15) is 5.60 Å². The van der Waals surface area contributed by atoms with Crippen molar-refractivity contribution in [1.82, 2.24) is 5.32 Å². The molecule has 1 unspecified atom stereocenters. The number of hydrogen-bond donors (Lipinski definition) is 1. The zero-order valence-electron chi connectivity index (χ0n) is 11.6. The minimum atomic E-state index is -0.410. The maximum atomic E-state index is 11.3. The molecule has 0 saturated heterocycles. The van der Waals surface area contributed by atoms with Gasteiger partial charge in [-0.2, -0.15) is 0 Å². The molecule has 0 aromatic rings. The second kappa shape index (κ2) is 6.77. The number of amides is 1. The molecular formula is C13H27NO2. The average Bonchev–Trinajstić information content (AvgIpc) is 2.13. The first kappa shape index (κ1) is 15.3. The highest BCUT2D eigenvalue weighted by Gasteiger charge is 2.16. The molecule has 16 heavy (non-hydrogen) atoms. The van der Waals surface area contributed by atoms with E-state index in [2.05, 4.69) is 26.1 Å². The number of carbonyl (C=O) groups is 1. The Kier molecular flexibility index (Phi) is 6.46. The molecule has 0 rings (SSSR count). The van der Waals surface area contributed by atoms with Crippen molar-refractivity contribution in [3.63, 3.8) is 0 Å². The van der Waals surface area contributed by atoms with Crippen LogP contribution in [-0.4, -0.2) is 18.2 Å². The lowest BCUT2D eigenvalue weighted by molar-refractivity contribution is 0.0524. The Morgan fingerprint density at radius 3 is 2.25 bits per heavy atom. The minimum Gasteiger partial charge on any atom is -0.444 e. The predicted molar refractivity (Wildman–Crippen MR) is 67.5 cm³/mol. The zero-order chi connectivity index (χ0) is 12.8. The third-order valence-corrected chi connectivity index (χ3v) is 2.88. The average molecular weight is 229 g/mol. The molecule has 0 spiro atoms. The molecule has 0 saturated carbocycles. The van der Waals surface area contributed by atoms with E-state index in [-0.39, 0.29) is 6.09 Å². The molecule has 0 aliphatic rings. The highest BCUT2D eigenvalue weighted by atomic mass is 16.6. The van der Waals surface area contributed by atoms with Crippen molar-refractivity contribution in [2.24, 2.45) is 11.8 Å². The van der Waals surface area contributed by atoms with E-state index in [1.807, 2.05) is 20.8 Å². The lowest BCUT2D eigenvalue weighted by Crippen LogP contribution is -2.33. The van der Waals surface area contributed by atoms with Gasteiger partial charge in [0.05, 0.1) is 0 Å². The van der Waals surface area contributed by atoms with Gasteiger partial charge in [0.15, 0.2) is 0 Å². The third-order valence-electron chi connectivity index (χ3n) is 2.88. The molecule has 0 aliphatic heterocycles. The summed E-state index contributed by atoms with van der Waals surface area (Å²) >= 11 is 0. The van der Waals surface area contributed by atoms with Crippen LogP contribution in [0, 0.1) is 11.8 Å². The Hall–Kier alpha value is -0.730. The summed E-state index contributed by atoms with van der Waals surface area (Å²) in [6.07, 6.45) is 1.88. The Labute approximate surface area is 99.9 Å². The Morgan fingerprint density at radius 2 is 1.81 bits per heavy atom. The van der Waals surface area contributed by atoms with Gasteiger partial charge in [0.25, 0.3) is 0 Å². The highest BCUT2D eigenvalue weighted by molar-refractivity contribution is 5.67. The first-order valence-corrected chi connectivity index (χ1v) is 6.23. The summed E-state index contributed by atoms with van der Waals surface area (Å²) in [5.41, 5.74) is -0.410. The Morgan fingerprint density at radius 1 is 1.25 bits per heavy atom. The maximum Gasteiger partial charge on any atom is 0.407 e. The van der Waals surface area contributed by atoms with E-state index in [4.69, 9.17) is 4.74 Å². The van der Waals surface area contributed by atoms with E-state index in [0.29, 0.717) is 18.4 Å². The van der Waals surface area contributed by atoms with Gasteiger partial charge in [0, 0.05) is 6.54 Å². The van der Waals surface area contributed by atoms with E-state index in [0.717, 1.165) is 6.42 Å². The van der Waals surface area contributed by atoms with E-state index in [9.17, 15) is 4.79 Å². The first-order chi connectivity index (χ1) is 7.26. The summed E-state index contributed by atoms with van der Waals surface area (Å²) in [7, 11) is 0. The van der Waals surface area contributed by atoms with Crippen LogP contribution in [0.5, 0.6) is 0 Å². The molecule has 96 valence electrons. The number of alkyl carbamates (subject to hydrolysis) is 1. The minimum absolute atomic E-state index is 0.316. The van der Waals surface area contributed by atoms with Gasteiger partial charge in [-0.25, -0.2) is 4.79 Å². The number of hydrogen-bond acceptors (Lipinski definition) is 2. The molecule has 1 amide bonds. The number of carbonyl (C=O) groups excluding carboxylic acids is 1. The molecular weight excluding hydrogens is 202 g/mol. The van der Waals surface area contributed by atoms with Crippen LogP contribution in [0.4, 0.5) is 4.79 Å². The second-order valence-corrected chi connectivity index (χ2v) is 5.58. The molecule has 0 aliphatic carbocycles. The summed E-state index contributed by atoms with van der Waals surface area (Å²) in [6, 6.07) is 0.